The van der Waals surface area contributed by atoms with Gasteiger partial charge in [0.15, 0.2) is 0 Å². The molecular formula is C29H35NO5S2. The van der Waals surface area contributed by atoms with Gasteiger partial charge in [0.1, 0.15) is 29.9 Å². The minimum atomic E-state index is -1.25. The number of morpholine rings is 1. The Morgan fingerprint density at radius 1 is 0.973 bits per heavy atom. The van der Waals surface area contributed by atoms with Crippen molar-refractivity contribution in [3.63, 3.8) is 0 Å². The van der Waals surface area contributed by atoms with Gasteiger partial charge >= 0.3 is 0 Å². The number of aliphatic hydroxyl groups excluding tert-OH is 3. The van der Waals surface area contributed by atoms with Crippen molar-refractivity contribution >= 4 is 23.1 Å². The predicted molar refractivity (Wildman–Crippen MR) is 149 cm³/mol. The van der Waals surface area contributed by atoms with E-state index in [-0.39, 0.29) is 0 Å². The molecule has 37 heavy (non-hydrogen) atoms. The van der Waals surface area contributed by atoms with Crippen LogP contribution in [-0.4, -0.2) is 76.5 Å². The van der Waals surface area contributed by atoms with E-state index in [4.69, 9.17) is 9.47 Å². The highest BCUT2D eigenvalue weighted by atomic mass is 32.2. The molecule has 0 aliphatic carbocycles. The van der Waals surface area contributed by atoms with E-state index in [0.29, 0.717) is 0 Å². The van der Waals surface area contributed by atoms with E-state index in [1.54, 1.807) is 11.3 Å². The van der Waals surface area contributed by atoms with E-state index >= 15 is 0 Å². The van der Waals surface area contributed by atoms with Crippen molar-refractivity contribution < 1.29 is 24.8 Å². The van der Waals surface area contributed by atoms with Gasteiger partial charge in [-0.2, -0.15) is 0 Å². The highest BCUT2D eigenvalue weighted by Gasteiger charge is 2.44. The largest absolute Gasteiger partial charge is 0.387 e. The van der Waals surface area contributed by atoms with E-state index in [1.807, 2.05) is 18.4 Å². The zero-order valence-corrected chi connectivity index (χ0v) is 22.9. The third kappa shape index (κ3) is 6.13. The lowest BCUT2D eigenvalue weighted by Gasteiger charge is -2.40. The molecule has 2 saturated heterocycles. The Bertz CT molecular complexity index is 1190. The van der Waals surface area contributed by atoms with E-state index < -0.39 is 29.9 Å². The molecule has 0 bridgehead atoms. The van der Waals surface area contributed by atoms with Crippen LogP contribution >= 0.6 is 23.1 Å². The van der Waals surface area contributed by atoms with Crippen LogP contribution in [0.15, 0.2) is 54.6 Å². The van der Waals surface area contributed by atoms with Gasteiger partial charge < -0.3 is 24.8 Å². The first-order valence-corrected chi connectivity index (χ1v) is 14.8. The van der Waals surface area contributed by atoms with Gasteiger partial charge in [0.2, 0.25) is 0 Å². The normalized spacial score (nSPS) is 26.9. The smallest absolute Gasteiger partial charge is 0.132 e. The van der Waals surface area contributed by atoms with Crippen LogP contribution < -0.4 is 0 Å². The summed E-state index contributed by atoms with van der Waals surface area (Å²) in [7, 11) is 0. The fourth-order valence-corrected chi connectivity index (χ4v) is 6.73. The lowest BCUT2D eigenvalue weighted by Crippen LogP contribution is -2.52. The summed E-state index contributed by atoms with van der Waals surface area (Å²) in [5.41, 5.74) is 5.10. The van der Waals surface area contributed by atoms with Crippen molar-refractivity contribution in [2.45, 2.75) is 49.7 Å². The molecule has 6 nitrogen and oxygen atoms in total. The highest BCUT2D eigenvalue weighted by Crippen LogP contribution is 2.37. The Balaban J connectivity index is 1.31. The Morgan fingerprint density at radius 2 is 1.78 bits per heavy atom. The van der Waals surface area contributed by atoms with Gasteiger partial charge in [-0.1, -0.05) is 36.4 Å². The van der Waals surface area contributed by atoms with Crippen LogP contribution in [0.4, 0.5) is 0 Å². The van der Waals surface area contributed by atoms with Crippen molar-refractivity contribution in [3.05, 3.63) is 81.7 Å². The van der Waals surface area contributed by atoms with Gasteiger partial charge in [-0.25, -0.2) is 0 Å². The molecule has 5 atom stereocenters. The molecule has 0 unspecified atom stereocenters. The molecule has 3 N–H and O–H groups in total. The summed E-state index contributed by atoms with van der Waals surface area (Å²) in [6.45, 7) is 6.60. The third-order valence-corrected chi connectivity index (χ3v) is 9.24. The van der Waals surface area contributed by atoms with Crippen molar-refractivity contribution in [1.82, 2.24) is 4.90 Å². The second-order valence-corrected chi connectivity index (χ2v) is 12.0. The molecule has 0 amide bonds. The molecule has 2 fully saturated rings. The van der Waals surface area contributed by atoms with Crippen molar-refractivity contribution in [2.24, 2.45) is 0 Å². The van der Waals surface area contributed by atoms with Crippen molar-refractivity contribution in [2.75, 3.05) is 32.6 Å². The summed E-state index contributed by atoms with van der Waals surface area (Å²) >= 11 is 3.13. The quantitative estimate of drug-likeness (QED) is 0.417. The molecule has 0 saturated carbocycles. The SMILES string of the molecule is CS[C@H]1O[C@@H](c2ccc(C)c(Cc3ccc(-c4cccc(CN5CCOCC5)c4)s3)c2)[C@H](O)[C@@H](O)[C@@H]1O. The molecule has 2 aromatic carbocycles. The fraction of sp³-hybridized carbons (Fsp3) is 0.448. The van der Waals surface area contributed by atoms with Gasteiger partial charge in [0, 0.05) is 35.8 Å². The van der Waals surface area contributed by atoms with Crippen LogP contribution in [0.5, 0.6) is 0 Å². The monoisotopic (exact) mass is 541 g/mol. The second-order valence-electron chi connectivity index (χ2n) is 9.85. The fourth-order valence-electron chi connectivity index (χ4n) is 5.03. The van der Waals surface area contributed by atoms with Crippen LogP contribution in [0.1, 0.15) is 33.2 Å². The number of rotatable bonds is 7. The molecule has 3 heterocycles. The number of ether oxygens (including phenoxy) is 2. The molecule has 0 radical (unpaired) electrons. The third-order valence-electron chi connectivity index (χ3n) is 7.25. The summed E-state index contributed by atoms with van der Waals surface area (Å²) in [5, 5.41) is 31.2. The van der Waals surface area contributed by atoms with Gasteiger partial charge in [-0.3, -0.25) is 4.90 Å². The van der Waals surface area contributed by atoms with Crippen LogP contribution in [0.3, 0.4) is 0 Å². The minimum Gasteiger partial charge on any atom is -0.387 e. The number of benzene rings is 2. The number of nitrogens with zero attached hydrogens (tertiary/aromatic N) is 1. The molecule has 0 spiro atoms. The first kappa shape index (κ1) is 26.8. The average Bonchev–Trinajstić information content (AvgIpc) is 3.38. The first-order chi connectivity index (χ1) is 17.9. The molecule has 2 aliphatic heterocycles. The number of hydrogen-bond acceptors (Lipinski definition) is 8. The number of thiophene rings is 1. The Hall–Kier alpha value is -1.75. The topological polar surface area (TPSA) is 82.4 Å². The van der Waals surface area contributed by atoms with E-state index in [2.05, 4.69) is 54.3 Å². The van der Waals surface area contributed by atoms with Crippen LogP contribution in [-0.2, 0) is 22.4 Å². The lowest BCUT2D eigenvalue weighted by atomic mass is 9.92. The Kier molecular flexibility index (Phi) is 8.68. The molecule has 198 valence electrons. The molecular weight excluding hydrogens is 506 g/mol. The number of aryl methyl sites for hydroxylation is 1. The Morgan fingerprint density at radius 3 is 2.57 bits per heavy atom. The predicted octanol–water partition coefficient (Wildman–Crippen LogP) is 3.99. The molecule has 3 aromatic rings. The molecule has 1 aromatic heterocycles. The zero-order valence-electron chi connectivity index (χ0n) is 21.2. The lowest BCUT2D eigenvalue weighted by molar-refractivity contribution is -0.200. The van der Waals surface area contributed by atoms with Gasteiger partial charge in [-0.15, -0.1) is 23.1 Å². The number of thioether (sulfide) groups is 1. The summed E-state index contributed by atoms with van der Waals surface area (Å²) in [6, 6.07) is 19.2. The van der Waals surface area contributed by atoms with E-state index in [0.717, 1.165) is 50.4 Å². The van der Waals surface area contributed by atoms with Crippen LogP contribution in [0, 0.1) is 6.92 Å². The molecule has 5 rings (SSSR count). The van der Waals surface area contributed by atoms with Gasteiger partial charge in [0.05, 0.1) is 13.2 Å². The van der Waals surface area contributed by atoms with E-state index in [9.17, 15) is 15.3 Å². The molecule has 8 heteroatoms. The van der Waals surface area contributed by atoms with Crippen LogP contribution in [0.25, 0.3) is 10.4 Å². The standard InChI is InChI=1S/C29H35NO5S2/c1-18-6-7-21(28-26(32)25(31)27(33)29(35-28)36-2)15-22(18)16-23-8-9-24(37-23)20-5-3-4-19(14-20)17-30-10-12-34-13-11-30/h3-9,14-15,25-29,31-33H,10-13,16-17H2,1-2H3/t25-,26-,27+,28+,29-/m1/s1. The Labute approximate surface area is 226 Å². The summed E-state index contributed by atoms with van der Waals surface area (Å²) < 4.78 is 11.5. The molecule has 2 aliphatic rings. The summed E-state index contributed by atoms with van der Waals surface area (Å²) in [6.07, 6.45) is -1.65. The summed E-state index contributed by atoms with van der Waals surface area (Å²) in [5.74, 6) is 0. The maximum absolute atomic E-state index is 10.6. The number of aliphatic hydroxyl groups is 3. The maximum atomic E-state index is 10.6. The van der Waals surface area contributed by atoms with E-state index in [1.165, 1.54) is 38.2 Å². The first-order valence-electron chi connectivity index (χ1n) is 12.7. The maximum Gasteiger partial charge on any atom is 0.132 e. The van der Waals surface area contributed by atoms with Crippen LogP contribution in [0.2, 0.25) is 0 Å². The van der Waals surface area contributed by atoms with Gasteiger partial charge in [0.25, 0.3) is 0 Å². The number of hydrogen-bond donors (Lipinski definition) is 3. The summed E-state index contributed by atoms with van der Waals surface area (Å²) in [4.78, 5) is 4.95. The minimum absolute atomic E-state index is 0.591. The van der Waals surface area contributed by atoms with Crippen molar-refractivity contribution in [1.29, 1.82) is 0 Å². The van der Waals surface area contributed by atoms with Gasteiger partial charge in [-0.05, 0) is 59.2 Å². The zero-order chi connectivity index (χ0) is 25.9. The highest BCUT2D eigenvalue weighted by molar-refractivity contribution is 7.99. The van der Waals surface area contributed by atoms with Crippen molar-refractivity contribution in [3.8, 4) is 10.4 Å². The average molecular weight is 542 g/mol. The second kappa shape index (κ2) is 12.0.